The molecule has 0 radical (unpaired) electrons. The summed E-state index contributed by atoms with van der Waals surface area (Å²) in [5, 5.41) is 3.04. The molecule has 0 aliphatic rings. The molecule has 0 aliphatic carbocycles. The molecular formula is C8H15NO2S. The van der Waals surface area contributed by atoms with Gasteiger partial charge in [0.15, 0.2) is 0 Å². The van der Waals surface area contributed by atoms with Gasteiger partial charge in [0.1, 0.15) is 6.29 Å². The van der Waals surface area contributed by atoms with Gasteiger partial charge >= 0.3 is 0 Å². The van der Waals surface area contributed by atoms with Crippen molar-refractivity contribution in [3.05, 3.63) is 0 Å². The van der Waals surface area contributed by atoms with Crippen LogP contribution in [0.1, 0.15) is 20.3 Å². The van der Waals surface area contributed by atoms with Crippen molar-refractivity contribution in [3.8, 4) is 0 Å². The zero-order valence-corrected chi connectivity index (χ0v) is 8.32. The van der Waals surface area contributed by atoms with Crippen LogP contribution in [0.15, 0.2) is 0 Å². The number of amides is 1. The molecule has 0 aromatic carbocycles. The molecule has 0 rings (SSSR count). The normalized spacial score (nSPS) is 9.92. The topological polar surface area (TPSA) is 46.2 Å². The van der Waals surface area contributed by atoms with Crippen LogP contribution in [0.2, 0.25) is 0 Å². The maximum absolute atomic E-state index is 10.9. The first-order valence-corrected chi connectivity index (χ1v) is 5.03. The molecule has 4 heteroatoms. The Morgan fingerprint density at radius 1 is 1.58 bits per heavy atom. The lowest BCUT2D eigenvalue weighted by molar-refractivity contribution is -0.122. The summed E-state index contributed by atoms with van der Waals surface area (Å²) >= 11 is 1.74. The SMILES string of the molecule is CC(C)SCCC(=O)NCC=O. The first kappa shape index (κ1) is 11.5. The third kappa shape index (κ3) is 7.60. The Morgan fingerprint density at radius 2 is 2.25 bits per heavy atom. The molecule has 0 saturated heterocycles. The second-order valence-electron chi connectivity index (χ2n) is 2.64. The van der Waals surface area contributed by atoms with Gasteiger partial charge in [-0.15, -0.1) is 0 Å². The summed E-state index contributed by atoms with van der Waals surface area (Å²) in [5.41, 5.74) is 0. The summed E-state index contributed by atoms with van der Waals surface area (Å²) in [6.07, 6.45) is 1.18. The van der Waals surface area contributed by atoms with Crippen LogP contribution >= 0.6 is 11.8 Å². The number of nitrogens with one attached hydrogen (secondary N) is 1. The molecule has 3 nitrogen and oxygen atoms in total. The van der Waals surface area contributed by atoms with Crippen molar-refractivity contribution < 1.29 is 9.59 Å². The fourth-order valence-electron chi connectivity index (χ4n) is 0.631. The maximum Gasteiger partial charge on any atom is 0.221 e. The Hall–Kier alpha value is -0.510. The van der Waals surface area contributed by atoms with Crippen LogP contribution in [0.3, 0.4) is 0 Å². The lowest BCUT2D eigenvalue weighted by Gasteiger charge is -2.03. The highest BCUT2D eigenvalue weighted by atomic mass is 32.2. The Labute approximate surface area is 77.3 Å². The lowest BCUT2D eigenvalue weighted by atomic mass is 10.4. The second-order valence-corrected chi connectivity index (χ2v) is 4.32. The zero-order valence-electron chi connectivity index (χ0n) is 7.50. The highest BCUT2D eigenvalue weighted by molar-refractivity contribution is 7.99. The van der Waals surface area contributed by atoms with Gasteiger partial charge in [0.05, 0.1) is 6.54 Å². The average molecular weight is 189 g/mol. The molecule has 0 aliphatic heterocycles. The van der Waals surface area contributed by atoms with Gasteiger partial charge < -0.3 is 10.1 Å². The number of carbonyl (C=O) groups excluding carboxylic acids is 2. The van der Waals surface area contributed by atoms with E-state index in [0.29, 0.717) is 18.0 Å². The Balaban J connectivity index is 3.25. The van der Waals surface area contributed by atoms with Crippen molar-refractivity contribution >= 4 is 24.0 Å². The van der Waals surface area contributed by atoms with E-state index >= 15 is 0 Å². The van der Waals surface area contributed by atoms with Crippen molar-refractivity contribution in [3.63, 3.8) is 0 Å². The predicted octanol–water partition coefficient (Wildman–Crippen LogP) is 0.833. The minimum absolute atomic E-state index is 0.0461. The third-order valence-electron chi connectivity index (χ3n) is 1.16. The van der Waals surface area contributed by atoms with Crippen LogP contribution in [0.25, 0.3) is 0 Å². The molecule has 0 aromatic heterocycles. The summed E-state index contributed by atoms with van der Waals surface area (Å²) < 4.78 is 0. The Kier molecular flexibility index (Phi) is 6.85. The van der Waals surface area contributed by atoms with Gasteiger partial charge in [-0.2, -0.15) is 11.8 Å². The minimum atomic E-state index is -0.0461. The van der Waals surface area contributed by atoms with Crippen molar-refractivity contribution in [1.29, 1.82) is 0 Å². The molecule has 70 valence electrons. The molecule has 0 fully saturated rings. The Morgan fingerprint density at radius 3 is 2.75 bits per heavy atom. The molecule has 12 heavy (non-hydrogen) atoms. The van der Waals surface area contributed by atoms with Gasteiger partial charge in [-0.3, -0.25) is 4.79 Å². The van der Waals surface area contributed by atoms with E-state index in [2.05, 4.69) is 19.2 Å². The summed E-state index contributed by atoms with van der Waals surface area (Å²) in [7, 11) is 0. The van der Waals surface area contributed by atoms with Gasteiger partial charge in [-0.25, -0.2) is 0 Å². The number of hydrogen-bond acceptors (Lipinski definition) is 3. The highest BCUT2D eigenvalue weighted by Crippen LogP contribution is 2.09. The van der Waals surface area contributed by atoms with Crippen LogP contribution in [0.4, 0.5) is 0 Å². The molecule has 0 spiro atoms. The van der Waals surface area contributed by atoms with E-state index in [1.165, 1.54) is 0 Å². The predicted molar refractivity (Wildman–Crippen MR) is 51.3 cm³/mol. The summed E-state index contributed by atoms with van der Waals surface area (Å²) in [4.78, 5) is 20.8. The molecule has 0 bridgehead atoms. The molecule has 1 N–H and O–H groups in total. The van der Waals surface area contributed by atoms with Crippen LogP contribution in [0.5, 0.6) is 0 Å². The number of rotatable bonds is 6. The number of hydrogen-bond donors (Lipinski definition) is 1. The molecule has 0 saturated carbocycles. The van der Waals surface area contributed by atoms with E-state index in [-0.39, 0.29) is 12.5 Å². The molecule has 0 unspecified atom stereocenters. The molecular weight excluding hydrogens is 174 g/mol. The fourth-order valence-corrected chi connectivity index (χ4v) is 1.41. The molecule has 1 amide bonds. The van der Waals surface area contributed by atoms with Gasteiger partial charge in [-0.1, -0.05) is 13.8 Å². The van der Waals surface area contributed by atoms with Crippen LogP contribution in [-0.4, -0.2) is 29.7 Å². The maximum atomic E-state index is 10.9. The second kappa shape index (κ2) is 7.16. The van der Waals surface area contributed by atoms with Gasteiger partial charge in [0.25, 0.3) is 0 Å². The van der Waals surface area contributed by atoms with E-state index in [1.54, 1.807) is 11.8 Å². The van der Waals surface area contributed by atoms with Gasteiger partial charge in [-0.05, 0) is 5.25 Å². The Bertz CT molecular complexity index is 148. The first-order valence-electron chi connectivity index (χ1n) is 3.98. The van der Waals surface area contributed by atoms with Crippen LogP contribution in [0, 0.1) is 0 Å². The van der Waals surface area contributed by atoms with Crippen LogP contribution < -0.4 is 5.32 Å². The molecule has 0 heterocycles. The van der Waals surface area contributed by atoms with Gasteiger partial charge in [0, 0.05) is 12.2 Å². The van der Waals surface area contributed by atoms with E-state index in [0.717, 1.165) is 5.75 Å². The molecule has 0 aromatic rings. The van der Waals surface area contributed by atoms with E-state index in [1.807, 2.05) is 0 Å². The summed E-state index contributed by atoms with van der Waals surface area (Å²) in [5.74, 6) is 0.776. The van der Waals surface area contributed by atoms with E-state index in [4.69, 9.17) is 0 Å². The monoisotopic (exact) mass is 189 g/mol. The average Bonchev–Trinajstić information content (AvgIpc) is 2.00. The summed E-state index contributed by atoms with van der Waals surface area (Å²) in [6, 6.07) is 0. The standard InChI is InChI=1S/C8H15NO2S/c1-7(2)12-6-3-8(11)9-4-5-10/h5,7H,3-4,6H2,1-2H3,(H,9,11). The van der Waals surface area contributed by atoms with Crippen molar-refractivity contribution in [1.82, 2.24) is 5.32 Å². The summed E-state index contributed by atoms with van der Waals surface area (Å²) in [6.45, 7) is 4.31. The quantitative estimate of drug-likeness (QED) is 0.630. The molecule has 0 atom stereocenters. The minimum Gasteiger partial charge on any atom is -0.349 e. The van der Waals surface area contributed by atoms with Crippen molar-refractivity contribution in [2.45, 2.75) is 25.5 Å². The number of thioether (sulfide) groups is 1. The third-order valence-corrected chi connectivity index (χ3v) is 2.27. The zero-order chi connectivity index (χ0) is 9.40. The fraction of sp³-hybridized carbons (Fsp3) is 0.750. The smallest absolute Gasteiger partial charge is 0.221 e. The van der Waals surface area contributed by atoms with Crippen LogP contribution in [-0.2, 0) is 9.59 Å². The van der Waals surface area contributed by atoms with Crippen molar-refractivity contribution in [2.75, 3.05) is 12.3 Å². The van der Waals surface area contributed by atoms with E-state index in [9.17, 15) is 9.59 Å². The lowest BCUT2D eigenvalue weighted by Crippen LogP contribution is -2.25. The first-order chi connectivity index (χ1) is 5.66. The highest BCUT2D eigenvalue weighted by Gasteiger charge is 2.00. The van der Waals surface area contributed by atoms with Gasteiger partial charge in [0.2, 0.25) is 5.91 Å². The van der Waals surface area contributed by atoms with Crippen molar-refractivity contribution in [2.24, 2.45) is 0 Å². The largest absolute Gasteiger partial charge is 0.349 e. The van der Waals surface area contributed by atoms with E-state index < -0.39 is 0 Å². The number of aldehydes is 1. The number of carbonyl (C=O) groups is 2.